The van der Waals surface area contributed by atoms with Crippen LogP contribution in [-0.2, 0) is 17.8 Å². The van der Waals surface area contributed by atoms with E-state index in [0.717, 1.165) is 24.4 Å². The van der Waals surface area contributed by atoms with Crippen LogP contribution < -0.4 is 10.1 Å². The fourth-order valence-corrected chi connectivity index (χ4v) is 2.82. The van der Waals surface area contributed by atoms with E-state index in [1.165, 1.54) is 11.1 Å². The van der Waals surface area contributed by atoms with E-state index in [4.69, 9.17) is 9.47 Å². The molecule has 110 valence electrons. The van der Waals surface area contributed by atoms with E-state index in [1.54, 1.807) is 20.4 Å². The van der Waals surface area contributed by atoms with Crippen LogP contribution in [0.4, 0.5) is 5.82 Å². The average molecular weight is 285 g/mol. The van der Waals surface area contributed by atoms with Gasteiger partial charge in [0.1, 0.15) is 18.2 Å². The molecule has 1 unspecified atom stereocenters. The van der Waals surface area contributed by atoms with E-state index in [9.17, 15) is 0 Å². The van der Waals surface area contributed by atoms with Gasteiger partial charge < -0.3 is 14.8 Å². The molecule has 3 rings (SSSR count). The predicted molar refractivity (Wildman–Crippen MR) is 80.4 cm³/mol. The molecule has 1 atom stereocenters. The van der Waals surface area contributed by atoms with Gasteiger partial charge in [-0.2, -0.15) is 0 Å². The lowest BCUT2D eigenvalue weighted by molar-refractivity contribution is 0.178. The van der Waals surface area contributed by atoms with Crippen molar-refractivity contribution in [3.05, 3.63) is 47.4 Å². The number of nitrogens with one attached hydrogen (secondary N) is 1. The SMILES string of the molecule is COCc1nccc(NC2CCc3c(OC)cccc32)n1. The second-order valence-corrected chi connectivity index (χ2v) is 5.05. The third-order valence-corrected chi connectivity index (χ3v) is 3.75. The quantitative estimate of drug-likeness (QED) is 0.915. The van der Waals surface area contributed by atoms with Crippen molar-refractivity contribution in [3.8, 4) is 5.75 Å². The van der Waals surface area contributed by atoms with Gasteiger partial charge >= 0.3 is 0 Å². The summed E-state index contributed by atoms with van der Waals surface area (Å²) in [6.45, 7) is 0.421. The monoisotopic (exact) mass is 285 g/mol. The van der Waals surface area contributed by atoms with E-state index < -0.39 is 0 Å². The van der Waals surface area contributed by atoms with Gasteiger partial charge in [-0.25, -0.2) is 9.97 Å². The first kappa shape index (κ1) is 13.8. The molecule has 0 amide bonds. The van der Waals surface area contributed by atoms with Gasteiger partial charge in [-0.05, 0) is 36.1 Å². The normalized spacial score (nSPS) is 16.6. The number of methoxy groups -OCH3 is 2. The summed E-state index contributed by atoms with van der Waals surface area (Å²) in [4.78, 5) is 8.64. The molecule has 1 aromatic heterocycles. The fourth-order valence-electron chi connectivity index (χ4n) is 2.82. The first-order valence-corrected chi connectivity index (χ1v) is 7.05. The van der Waals surface area contributed by atoms with Crippen molar-refractivity contribution in [2.24, 2.45) is 0 Å². The Bertz CT molecular complexity index is 631. The number of fused-ring (bicyclic) bond motifs is 1. The van der Waals surface area contributed by atoms with Crippen LogP contribution in [0.2, 0.25) is 0 Å². The highest BCUT2D eigenvalue weighted by atomic mass is 16.5. The summed E-state index contributed by atoms with van der Waals surface area (Å²) < 4.78 is 10.5. The number of anilines is 1. The second kappa shape index (κ2) is 6.10. The van der Waals surface area contributed by atoms with E-state index in [1.807, 2.05) is 18.2 Å². The Morgan fingerprint density at radius 3 is 3.00 bits per heavy atom. The fraction of sp³-hybridized carbons (Fsp3) is 0.375. The zero-order valence-electron chi connectivity index (χ0n) is 12.3. The minimum absolute atomic E-state index is 0.264. The third-order valence-electron chi connectivity index (χ3n) is 3.75. The van der Waals surface area contributed by atoms with Crippen molar-refractivity contribution < 1.29 is 9.47 Å². The van der Waals surface area contributed by atoms with Crippen molar-refractivity contribution in [3.63, 3.8) is 0 Å². The van der Waals surface area contributed by atoms with Gasteiger partial charge in [-0.15, -0.1) is 0 Å². The molecular weight excluding hydrogens is 266 g/mol. The van der Waals surface area contributed by atoms with Gasteiger partial charge in [0.2, 0.25) is 0 Å². The maximum Gasteiger partial charge on any atom is 0.156 e. The van der Waals surface area contributed by atoms with Crippen LogP contribution in [0.1, 0.15) is 29.4 Å². The van der Waals surface area contributed by atoms with E-state index >= 15 is 0 Å². The highest BCUT2D eigenvalue weighted by Crippen LogP contribution is 2.38. The van der Waals surface area contributed by atoms with Crippen LogP contribution in [0.15, 0.2) is 30.5 Å². The standard InChI is InChI=1S/C16H19N3O2/c1-20-10-16-17-9-8-15(19-16)18-13-7-6-12-11(13)4-3-5-14(12)21-2/h3-5,8-9,13H,6-7,10H2,1-2H3,(H,17,18,19). The van der Waals surface area contributed by atoms with E-state index in [2.05, 4.69) is 21.4 Å². The molecule has 0 spiro atoms. The van der Waals surface area contributed by atoms with Crippen molar-refractivity contribution in [1.29, 1.82) is 0 Å². The van der Waals surface area contributed by atoms with Crippen LogP contribution in [0.5, 0.6) is 5.75 Å². The average Bonchev–Trinajstić information content (AvgIpc) is 2.91. The number of rotatable bonds is 5. The molecule has 2 aromatic rings. The molecule has 0 fully saturated rings. The molecule has 0 saturated carbocycles. The van der Waals surface area contributed by atoms with Crippen molar-refractivity contribution in [2.45, 2.75) is 25.5 Å². The first-order valence-electron chi connectivity index (χ1n) is 7.05. The second-order valence-electron chi connectivity index (χ2n) is 5.05. The van der Waals surface area contributed by atoms with Gasteiger partial charge in [-0.1, -0.05) is 12.1 Å². The summed E-state index contributed by atoms with van der Waals surface area (Å²) in [7, 11) is 3.36. The third kappa shape index (κ3) is 2.83. The Morgan fingerprint density at radius 2 is 2.19 bits per heavy atom. The summed E-state index contributed by atoms with van der Waals surface area (Å²) in [5.41, 5.74) is 2.59. The Balaban J connectivity index is 1.81. The number of aromatic nitrogens is 2. The number of hydrogen-bond acceptors (Lipinski definition) is 5. The molecule has 0 aliphatic heterocycles. The minimum Gasteiger partial charge on any atom is -0.496 e. The summed E-state index contributed by atoms with van der Waals surface area (Å²) in [6, 6.07) is 8.36. The predicted octanol–water partition coefficient (Wildman–Crippen LogP) is 2.73. The topological polar surface area (TPSA) is 56.3 Å². The molecule has 1 N–H and O–H groups in total. The van der Waals surface area contributed by atoms with Crippen LogP contribution in [0.25, 0.3) is 0 Å². The number of benzene rings is 1. The largest absolute Gasteiger partial charge is 0.496 e. The molecule has 21 heavy (non-hydrogen) atoms. The summed E-state index contributed by atoms with van der Waals surface area (Å²) >= 11 is 0. The van der Waals surface area contributed by atoms with Gasteiger partial charge in [0.05, 0.1) is 13.2 Å². The summed E-state index contributed by atoms with van der Waals surface area (Å²) in [6.07, 6.45) is 3.82. The number of nitrogens with zero attached hydrogens (tertiary/aromatic N) is 2. The van der Waals surface area contributed by atoms with E-state index in [0.29, 0.717) is 12.4 Å². The summed E-state index contributed by atoms with van der Waals surface area (Å²) in [5.74, 6) is 2.49. The van der Waals surface area contributed by atoms with Gasteiger partial charge in [0, 0.05) is 13.3 Å². The zero-order valence-corrected chi connectivity index (χ0v) is 12.3. The first-order chi connectivity index (χ1) is 10.3. The maximum absolute atomic E-state index is 5.44. The zero-order chi connectivity index (χ0) is 14.7. The Kier molecular flexibility index (Phi) is 4.01. The van der Waals surface area contributed by atoms with Crippen LogP contribution in [-0.4, -0.2) is 24.2 Å². The smallest absolute Gasteiger partial charge is 0.156 e. The molecule has 5 heteroatoms. The highest BCUT2D eigenvalue weighted by molar-refractivity contribution is 5.49. The molecule has 1 aliphatic rings. The Labute approximate surface area is 124 Å². The molecule has 1 heterocycles. The summed E-state index contributed by atoms with van der Waals surface area (Å²) in [5, 5.41) is 3.48. The lowest BCUT2D eigenvalue weighted by Crippen LogP contribution is -2.10. The van der Waals surface area contributed by atoms with Crippen molar-refractivity contribution in [2.75, 3.05) is 19.5 Å². The lowest BCUT2D eigenvalue weighted by Gasteiger charge is -2.15. The van der Waals surface area contributed by atoms with Crippen molar-refractivity contribution >= 4 is 5.82 Å². The van der Waals surface area contributed by atoms with Crippen LogP contribution in [0.3, 0.4) is 0 Å². The highest BCUT2D eigenvalue weighted by Gasteiger charge is 2.25. The number of ether oxygens (including phenoxy) is 2. The lowest BCUT2D eigenvalue weighted by atomic mass is 10.1. The molecule has 5 nitrogen and oxygen atoms in total. The molecule has 0 saturated heterocycles. The maximum atomic E-state index is 5.44. The number of hydrogen-bond donors (Lipinski definition) is 1. The molecule has 1 aromatic carbocycles. The van der Waals surface area contributed by atoms with Crippen molar-refractivity contribution in [1.82, 2.24) is 9.97 Å². The minimum atomic E-state index is 0.264. The molecule has 1 aliphatic carbocycles. The van der Waals surface area contributed by atoms with Gasteiger partial charge in [0.25, 0.3) is 0 Å². The van der Waals surface area contributed by atoms with Gasteiger partial charge in [0.15, 0.2) is 5.82 Å². The molecule has 0 radical (unpaired) electrons. The van der Waals surface area contributed by atoms with E-state index in [-0.39, 0.29) is 6.04 Å². The Morgan fingerprint density at radius 1 is 1.29 bits per heavy atom. The molecule has 0 bridgehead atoms. The molecular formula is C16H19N3O2. The Hall–Kier alpha value is -2.14. The van der Waals surface area contributed by atoms with Crippen LogP contribution in [0, 0.1) is 0 Å². The van der Waals surface area contributed by atoms with Gasteiger partial charge in [-0.3, -0.25) is 0 Å². The van der Waals surface area contributed by atoms with Crippen LogP contribution >= 0.6 is 0 Å².